The minimum atomic E-state index is -0.257. The van der Waals surface area contributed by atoms with Crippen molar-refractivity contribution in [2.24, 2.45) is 0 Å². The molecule has 16 heavy (non-hydrogen) atoms. The number of hydrogen-bond acceptors (Lipinski definition) is 2. The highest BCUT2D eigenvalue weighted by atomic mass is 16.5. The van der Waals surface area contributed by atoms with E-state index in [2.05, 4.69) is 11.9 Å². The van der Waals surface area contributed by atoms with Gasteiger partial charge in [-0.05, 0) is 37.1 Å². The predicted octanol–water partition coefficient (Wildman–Crippen LogP) is 2.91. The molecule has 84 valence electrons. The van der Waals surface area contributed by atoms with Crippen LogP contribution in [0.5, 0.6) is 0 Å². The number of esters is 1. The lowest BCUT2D eigenvalue weighted by Crippen LogP contribution is -2.04. The van der Waals surface area contributed by atoms with E-state index in [1.54, 1.807) is 6.07 Å². The first-order valence-corrected chi connectivity index (χ1v) is 5.53. The lowest BCUT2D eigenvalue weighted by molar-refractivity contribution is 0.0526. The Morgan fingerprint density at radius 1 is 1.38 bits per heavy atom. The first-order chi connectivity index (χ1) is 7.76. The number of carbonyl (C=O) groups excluding carboxylic acids is 1. The molecule has 3 nitrogen and oxygen atoms in total. The van der Waals surface area contributed by atoms with Crippen molar-refractivity contribution in [2.75, 3.05) is 6.61 Å². The molecular formula is C13H15NO2. The van der Waals surface area contributed by atoms with Crippen molar-refractivity contribution in [1.29, 1.82) is 0 Å². The summed E-state index contributed by atoms with van der Waals surface area (Å²) < 4.78 is 4.98. The smallest absolute Gasteiger partial charge is 0.338 e. The van der Waals surface area contributed by atoms with Crippen molar-refractivity contribution in [1.82, 2.24) is 4.98 Å². The van der Waals surface area contributed by atoms with E-state index in [4.69, 9.17) is 4.74 Å². The average molecular weight is 217 g/mol. The molecule has 2 aromatic rings. The summed E-state index contributed by atoms with van der Waals surface area (Å²) >= 11 is 0. The van der Waals surface area contributed by atoms with Crippen molar-refractivity contribution in [3.8, 4) is 0 Å². The number of hydrogen-bond donors (Lipinski definition) is 1. The number of ether oxygens (including phenoxy) is 1. The summed E-state index contributed by atoms with van der Waals surface area (Å²) in [6, 6.07) is 5.60. The molecule has 1 N–H and O–H groups in total. The number of H-pyrrole nitrogens is 1. The van der Waals surface area contributed by atoms with Gasteiger partial charge in [-0.25, -0.2) is 4.79 Å². The van der Waals surface area contributed by atoms with Crippen molar-refractivity contribution >= 4 is 16.9 Å². The molecule has 3 heteroatoms. The molecule has 0 aliphatic heterocycles. The molecule has 0 unspecified atom stereocenters. The highest BCUT2D eigenvalue weighted by molar-refractivity contribution is 5.95. The van der Waals surface area contributed by atoms with Crippen molar-refractivity contribution in [3.63, 3.8) is 0 Å². The van der Waals surface area contributed by atoms with Gasteiger partial charge in [0.2, 0.25) is 0 Å². The molecule has 1 aromatic heterocycles. The van der Waals surface area contributed by atoms with E-state index in [1.165, 1.54) is 5.56 Å². The Kier molecular flexibility index (Phi) is 2.95. The van der Waals surface area contributed by atoms with Gasteiger partial charge in [-0.1, -0.05) is 6.92 Å². The van der Waals surface area contributed by atoms with Gasteiger partial charge < -0.3 is 9.72 Å². The molecular weight excluding hydrogens is 202 g/mol. The van der Waals surface area contributed by atoms with Crippen LogP contribution in [0.25, 0.3) is 10.9 Å². The summed E-state index contributed by atoms with van der Waals surface area (Å²) in [6.07, 6.45) is 2.94. The maximum absolute atomic E-state index is 11.6. The van der Waals surface area contributed by atoms with Crippen LogP contribution in [0.4, 0.5) is 0 Å². The molecule has 0 amide bonds. The highest BCUT2D eigenvalue weighted by Gasteiger charge is 2.09. The lowest BCUT2D eigenvalue weighted by atomic mass is 10.1. The van der Waals surface area contributed by atoms with Crippen LogP contribution in [0.1, 0.15) is 29.8 Å². The van der Waals surface area contributed by atoms with Crippen LogP contribution in [0.3, 0.4) is 0 Å². The molecule has 0 aliphatic rings. The van der Waals surface area contributed by atoms with E-state index in [0.717, 1.165) is 17.3 Å². The van der Waals surface area contributed by atoms with Gasteiger partial charge in [0.15, 0.2) is 0 Å². The van der Waals surface area contributed by atoms with E-state index in [-0.39, 0.29) is 5.97 Å². The van der Waals surface area contributed by atoms with Gasteiger partial charge >= 0.3 is 5.97 Å². The molecule has 0 spiro atoms. The zero-order valence-electron chi connectivity index (χ0n) is 9.54. The number of carbonyl (C=O) groups is 1. The molecule has 0 aliphatic carbocycles. The number of benzene rings is 1. The predicted molar refractivity (Wildman–Crippen MR) is 63.6 cm³/mol. The second-order valence-electron chi connectivity index (χ2n) is 3.65. The Labute approximate surface area is 94.4 Å². The third-order valence-electron chi connectivity index (χ3n) is 2.66. The molecule has 0 radical (unpaired) electrons. The van der Waals surface area contributed by atoms with Crippen LogP contribution < -0.4 is 0 Å². The number of aryl methyl sites for hydroxylation is 1. The first kappa shape index (κ1) is 10.7. The van der Waals surface area contributed by atoms with Crippen molar-refractivity contribution < 1.29 is 9.53 Å². The van der Waals surface area contributed by atoms with Gasteiger partial charge in [0.25, 0.3) is 0 Å². The third kappa shape index (κ3) is 1.81. The highest BCUT2D eigenvalue weighted by Crippen LogP contribution is 2.20. The summed E-state index contributed by atoms with van der Waals surface area (Å²) in [6.45, 7) is 4.31. The minimum Gasteiger partial charge on any atom is -0.462 e. The number of aromatic amines is 1. The van der Waals surface area contributed by atoms with Gasteiger partial charge in [0.05, 0.1) is 12.2 Å². The Bertz CT molecular complexity index is 514. The lowest BCUT2D eigenvalue weighted by Gasteiger charge is -2.02. The van der Waals surface area contributed by atoms with E-state index >= 15 is 0 Å². The SMILES string of the molecule is CCOC(=O)c1ccc2[nH]cc(CC)c2c1. The van der Waals surface area contributed by atoms with E-state index in [1.807, 2.05) is 25.3 Å². The Morgan fingerprint density at radius 3 is 2.88 bits per heavy atom. The quantitative estimate of drug-likeness (QED) is 0.803. The summed E-state index contributed by atoms with van der Waals surface area (Å²) in [5.41, 5.74) is 2.90. The topological polar surface area (TPSA) is 42.1 Å². The fraction of sp³-hybridized carbons (Fsp3) is 0.308. The molecule has 1 aromatic carbocycles. The standard InChI is InChI=1S/C13H15NO2/c1-3-9-8-14-12-6-5-10(7-11(9)12)13(15)16-4-2/h5-8,14H,3-4H2,1-2H3. The van der Waals surface area contributed by atoms with Gasteiger partial charge in [0.1, 0.15) is 0 Å². The molecule has 0 saturated heterocycles. The summed E-state index contributed by atoms with van der Waals surface area (Å²) in [4.78, 5) is 14.8. The van der Waals surface area contributed by atoms with Crippen LogP contribution in [0.15, 0.2) is 24.4 Å². The normalized spacial score (nSPS) is 10.6. The first-order valence-electron chi connectivity index (χ1n) is 5.53. The Hall–Kier alpha value is -1.77. The number of rotatable bonds is 3. The van der Waals surface area contributed by atoms with Gasteiger partial charge in [-0.3, -0.25) is 0 Å². The van der Waals surface area contributed by atoms with Crippen molar-refractivity contribution in [3.05, 3.63) is 35.5 Å². The number of aromatic nitrogens is 1. The number of fused-ring (bicyclic) bond motifs is 1. The maximum atomic E-state index is 11.6. The Balaban J connectivity index is 2.45. The maximum Gasteiger partial charge on any atom is 0.338 e. The van der Waals surface area contributed by atoms with Crippen LogP contribution in [-0.2, 0) is 11.2 Å². The summed E-state index contributed by atoms with van der Waals surface area (Å²) in [5.74, 6) is -0.257. The van der Waals surface area contributed by atoms with Gasteiger partial charge in [-0.15, -0.1) is 0 Å². The zero-order chi connectivity index (χ0) is 11.5. The second kappa shape index (κ2) is 4.39. The van der Waals surface area contributed by atoms with Crippen LogP contribution in [0, 0.1) is 0 Å². The molecule has 0 fully saturated rings. The minimum absolute atomic E-state index is 0.257. The van der Waals surface area contributed by atoms with Crippen LogP contribution in [-0.4, -0.2) is 17.6 Å². The van der Waals surface area contributed by atoms with E-state index in [0.29, 0.717) is 12.2 Å². The van der Waals surface area contributed by atoms with Crippen LogP contribution >= 0.6 is 0 Å². The van der Waals surface area contributed by atoms with E-state index < -0.39 is 0 Å². The van der Waals surface area contributed by atoms with Crippen LogP contribution in [0.2, 0.25) is 0 Å². The average Bonchev–Trinajstić information content (AvgIpc) is 2.71. The fourth-order valence-corrected chi connectivity index (χ4v) is 1.81. The third-order valence-corrected chi connectivity index (χ3v) is 2.66. The van der Waals surface area contributed by atoms with E-state index in [9.17, 15) is 4.79 Å². The number of nitrogens with one attached hydrogen (secondary N) is 1. The van der Waals surface area contributed by atoms with Gasteiger partial charge in [-0.2, -0.15) is 0 Å². The summed E-state index contributed by atoms with van der Waals surface area (Å²) in [7, 11) is 0. The Morgan fingerprint density at radius 2 is 2.19 bits per heavy atom. The monoisotopic (exact) mass is 217 g/mol. The zero-order valence-corrected chi connectivity index (χ0v) is 9.54. The largest absolute Gasteiger partial charge is 0.462 e. The van der Waals surface area contributed by atoms with Gasteiger partial charge in [0, 0.05) is 17.1 Å². The molecule has 2 rings (SSSR count). The van der Waals surface area contributed by atoms with Crippen molar-refractivity contribution in [2.45, 2.75) is 20.3 Å². The molecule has 0 bridgehead atoms. The molecule has 0 atom stereocenters. The second-order valence-corrected chi connectivity index (χ2v) is 3.65. The summed E-state index contributed by atoms with van der Waals surface area (Å²) in [5, 5.41) is 1.10. The fourth-order valence-electron chi connectivity index (χ4n) is 1.81. The molecule has 0 saturated carbocycles. The molecule has 1 heterocycles.